The topological polar surface area (TPSA) is 32.5 Å². The van der Waals surface area contributed by atoms with Crippen molar-refractivity contribution in [1.29, 1.82) is 0 Å². The molecule has 0 aromatic rings. The number of allylic oxidation sites excluding steroid dienone is 3. The number of hydrogen-bond donors (Lipinski definition) is 1. The molecule has 3 nitrogen and oxygen atoms in total. The minimum Gasteiger partial charge on any atom is -0.312 e. The second kappa shape index (κ2) is 7.43. The summed E-state index contributed by atoms with van der Waals surface area (Å²) in [6.07, 6.45) is 8.26. The molecule has 2 aliphatic carbocycles. The first-order valence-corrected chi connectivity index (χ1v) is 9.03. The van der Waals surface area contributed by atoms with Crippen LogP contribution in [0.4, 0.5) is 4.39 Å². The van der Waals surface area contributed by atoms with Crippen molar-refractivity contribution in [3.05, 3.63) is 23.3 Å². The van der Waals surface area contributed by atoms with Gasteiger partial charge in [-0.2, -0.15) is 0 Å². The van der Waals surface area contributed by atoms with Gasteiger partial charge < -0.3 is 5.73 Å². The summed E-state index contributed by atoms with van der Waals surface area (Å²) in [5, 5.41) is 0. The zero-order valence-electron chi connectivity index (χ0n) is 13.2. The first kappa shape index (κ1) is 16.4. The van der Waals surface area contributed by atoms with Crippen molar-refractivity contribution in [2.24, 2.45) is 5.73 Å². The number of hydrogen-bond acceptors (Lipinski definition) is 3. The van der Waals surface area contributed by atoms with Crippen LogP contribution in [-0.4, -0.2) is 60.2 Å². The fourth-order valence-electron chi connectivity index (χ4n) is 3.91. The van der Waals surface area contributed by atoms with Crippen LogP contribution >= 0.6 is 11.6 Å². The third-order valence-corrected chi connectivity index (χ3v) is 5.76. The summed E-state index contributed by atoms with van der Waals surface area (Å²) in [6, 6.07) is 0.455. The zero-order chi connectivity index (χ0) is 15.5. The van der Waals surface area contributed by atoms with E-state index >= 15 is 0 Å². The van der Waals surface area contributed by atoms with Gasteiger partial charge in [0, 0.05) is 38.1 Å². The Morgan fingerprint density at radius 2 is 1.95 bits per heavy atom. The van der Waals surface area contributed by atoms with E-state index in [9.17, 15) is 4.39 Å². The highest BCUT2D eigenvalue weighted by atomic mass is 35.5. The molecule has 1 aliphatic heterocycles. The number of nitrogens with two attached hydrogens (primary N) is 1. The number of halogens is 2. The van der Waals surface area contributed by atoms with Gasteiger partial charge in [-0.25, -0.2) is 4.39 Å². The smallest absolute Gasteiger partial charge is 0.102 e. The summed E-state index contributed by atoms with van der Waals surface area (Å²) in [5.74, 6) is 0.620. The number of nitrogens with zero attached hydrogens (tertiary/aromatic N) is 2. The minimum atomic E-state index is -0.583. The minimum absolute atomic E-state index is 0.0211. The Morgan fingerprint density at radius 3 is 2.50 bits per heavy atom. The molecule has 2 N–H and O–H groups in total. The molecule has 1 saturated carbocycles. The van der Waals surface area contributed by atoms with E-state index in [-0.39, 0.29) is 6.17 Å². The van der Waals surface area contributed by atoms with Crippen LogP contribution in [0, 0.1) is 0 Å². The predicted molar refractivity (Wildman–Crippen MR) is 89.8 cm³/mol. The molecule has 22 heavy (non-hydrogen) atoms. The normalized spacial score (nSPS) is 32.7. The van der Waals surface area contributed by atoms with Crippen LogP contribution in [0.2, 0.25) is 0 Å². The molecule has 2 fully saturated rings. The van der Waals surface area contributed by atoms with E-state index in [1.54, 1.807) is 0 Å². The molecular weight excluding hydrogens is 301 g/mol. The highest BCUT2D eigenvalue weighted by molar-refractivity contribution is 6.19. The Balaban J connectivity index is 1.51. The monoisotopic (exact) mass is 327 g/mol. The van der Waals surface area contributed by atoms with Crippen LogP contribution < -0.4 is 5.73 Å². The van der Waals surface area contributed by atoms with Gasteiger partial charge in [0.2, 0.25) is 0 Å². The van der Waals surface area contributed by atoms with Crippen LogP contribution in [0.1, 0.15) is 32.1 Å². The van der Waals surface area contributed by atoms with Crippen molar-refractivity contribution < 1.29 is 4.39 Å². The van der Waals surface area contributed by atoms with Gasteiger partial charge in [0.25, 0.3) is 0 Å². The van der Waals surface area contributed by atoms with Crippen LogP contribution in [-0.2, 0) is 0 Å². The summed E-state index contributed by atoms with van der Waals surface area (Å²) in [4.78, 5) is 4.83. The van der Waals surface area contributed by atoms with Crippen molar-refractivity contribution in [1.82, 2.24) is 9.80 Å². The van der Waals surface area contributed by atoms with Crippen molar-refractivity contribution in [3.8, 4) is 0 Å². The molecule has 5 heteroatoms. The highest BCUT2D eigenvalue weighted by Crippen LogP contribution is 2.28. The van der Waals surface area contributed by atoms with Crippen LogP contribution in [0.15, 0.2) is 23.3 Å². The van der Waals surface area contributed by atoms with Crippen molar-refractivity contribution in [3.63, 3.8) is 0 Å². The Hall–Kier alpha value is -0.420. The zero-order valence-corrected chi connectivity index (χ0v) is 13.9. The lowest BCUT2D eigenvalue weighted by molar-refractivity contribution is 0.0779. The first-order valence-electron chi connectivity index (χ1n) is 8.49. The third-order valence-electron chi connectivity index (χ3n) is 5.42. The van der Waals surface area contributed by atoms with Crippen molar-refractivity contribution >= 4 is 11.6 Å². The number of piperazine rings is 1. The fraction of sp³-hybridized carbons (Fsp3) is 0.765. The van der Waals surface area contributed by atoms with Gasteiger partial charge in [0.15, 0.2) is 0 Å². The van der Waals surface area contributed by atoms with Crippen LogP contribution in [0.5, 0.6) is 0 Å². The Morgan fingerprint density at radius 1 is 1.18 bits per heavy atom. The molecule has 0 aromatic heterocycles. The van der Waals surface area contributed by atoms with Crippen molar-refractivity contribution in [2.75, 3.05) is 32.1 Å². The first-order chi connectivity index (χ1) is 10.7. The Bertz CT molecular complexity index is 443. The fourth-order valence-corrected chi connectivity index (χ4v) is 4.13. The summed E-state index contributed by atoms with van der Waals surface area (Å²) in [7, 11) is 0. The Kier molecular flexibility index (Phi) is 5.55. The van der Waals surface area contributed by atoms with E-state index in [1.807, 2.05) is 0 Å². The lowest BCUT2D eigenvalue weighted by Gasteiger charge is -2.41. The van der Waals surface area contributed by atoms with Gasteiger partial charge in [-0.3, -0.25) is 9.80 Å². The standard InChI is InChI=1S/C17H27ClFN3/c18-12-13-1-3-14(4-2-13)17(20)22-9-7-21(8-10-22)16-6-5-15(19)11-16/h1,3,15-17H,2,4-12,20H2/t15-,16?,17-/m0/s1. The molecule has 0 radical (unpaired) electrons. The van der Waals surface area contributed by atoms with E-state index in [0.717, 1.165) is 58.3 Å². The molecule has 3 rings (SSSR count). The molecule has 0 bridgehead atoms. The van der Waals surface area contributed by atoms with Gasteiger partial charge >= 0.3 is 0 Å². The van der Waals surface area contributed by atoms with Gasteiger partial charge in [0.1, 0.15) is 6.17 Å². The van der Waals surface area contributed by atoms with Crippen LogP contribution in [0.3, 0.4) is 0 Å². The molecule has 1 unspecified atom stereocenters. The molecular formula is C17H27ClFN3. The SMILES string of the molecule is N[C@H](C1=CC=C(CCl)CC1)N1CCN(C2CC[C@H](F)C2)CC1. The van der Waals surface area contributed by atoms with Gasteiger partial charge in [0.05, 0.1) is 6.17 Å². The van der Waals surface area contributed by atoms with Crippen molar-refractivity contribution in [2.45, 2.75) is 50.5 Å². The lowest BCUT2D eigenvalue weighted by atomic mass is 9.96. The summed E-state index contributed by atoms with van der Waals surface area (Å²) in [6.45, 7) is 4.00. The van der Waals surface area contributed by atoms with E-state index in [4.69, 9.17) is 17.3 Å². The molecule has 0 spiro atoms. The van der Waals surface area contributed by atoms with E-state index in [0.29, 0.717) is 11.9 Å². The maximum atomic E-state index is 13.4. The average Bonchev–Trinajstić information content (AvgIpc) is 3.01. The predicted octanol–water partition coefficient (Wildman–Crippen LogP) is 2.66. The van der Waals surface area contributed by atoms with E-state index in [1.165, 1.54) is 11.1 Å². The summed E-state index contributed by atoms with van der Waals surface area (Å²) in [5.41, 5.74) is 9.06. The largest absolute Gasteiger partial charge is 0.312 e. The summed E-state index contributed by atoms with van der Waals surface area (Å²) < 4.78 is 13.4. The molecule has 3 atom stereocenters. The Labute approximate surface area is 138 Å². The number of rotatable bonds is 4. The second-order valence-electron chi connectivity index (χ2n) is 6.78. The average molecular weight is 328 g/mol. The number of alkyl halides is 2. The lowest BCUT2D eigenvalue weighted by Crippen LogP contribution is -2.55. The van der Waals surface area contributed by atoms with Crippen LogP contribution in [0.25, 0.3) is 0 Å². The second-order valence-corrected chi connectivity index (χ2v) is 7.05. The molecule has 0 aromatic carbocycles. The maximum absolute atomic E-state index is 13.4. The molecule has 124 valence electrons. The molecule has 3 aliphatic rings. The molecule has 1 heterocycles. The molecule has 0 amide bonds. The quantitative estimate of drug-likeness (QED) is 0.806. The van der Waals surface area contributed by atoms with Gasteiger partial charge in [-0.1, -0.05) is 17.7 Å². The van der Waals surface area contributed by atoms with E-state index in [2.05, 4.69) is 22.0 Å². The maximum Gasteiger partial charge on any atom is 0.102 e. The van der Waals surface area contributed by atoms with Gasteiger partial charge in [-0.15, -0.1) is 11.6 Å². The molecule has 1 saturated heterocycles. The van der Waals surface area contributed by atoms with Gasteiger partial charge in [-0.05, 0) is 37.7 Å². The van der Waals surface area contributed by atoms with E-state index < -0.39 is 6.17 Å². The third kappa shape index (κ3) is 3.73. The summed E-state index contributed by atoms with van der Waals surface area (Å²) >= 11 is 5.87. The highest BCUT2D eigenvalue weighted by Gasteiger charge is 2.32.